The van der Waals surface area contributed by atoms with Crippen molar-refractivity contribution in [3.05, 3.63) is 29.3 Å². The van der Waals surface area contributed by atoms with Crippen molar-refractivity contribution in [1.29, 1.82) is 0 Å². The van der Waals surface area contributed by atoms with Crippen molar-refractivity contribution in [2.75, 3.05) is 26.2 Å². The maximum atomic E-state index is 11.1. The molecule has 0 radical (unpaired) electrons. The number of nitrogens with two attached hydrogens (primary N) is 1. The van der Waals surface area contributed by atoms with Crippen LogP contribution in [-0.4, -0.2) is 47.8 Å². The lowest BCUT2D eigenvalue weighted by Crippen LogP contribution is -2.50. The number of hydrogen-bond donors (Lipinski definition) is 2. The number of primary amides is 1. The monoisotopic (exact) mass is 304 g/mol. The predicted octanol–water partition coefficient (Wildman–Crippen LogP) is 0.866. The molecule has 1 atom stereocenters. The highest BCUT2D eigenvalue weighted by atomic mass is 16.5. The third-order valence-electron chi connectivity index (χ3n) is 4.61. The predicted molar refractivity (Wildman–Crippen MR) is 83.8 cm³/mol. The lowest BCUT2D eigenvalue weighted by Gasteiger charge is -2.38. The van der Waals surface area contributed by atoms with Crippen LogP contribution in [0.4, 0.5) is 0 Å². The molecule has 0 aromatic heterocycles. The zero-order valence-electron chi connectivity index (χ0n) is 12.9. The van der Waals surface area contributed by atoms with E-state index in [0.29, 0.717) is 13.0 Å². The molecule has 3 N–H and O–H groups in total. The maximum absolute atomic E-state index is 11.1. The summed E-state index contributed by atoms with van der Waals surface area (Å²) in [5.41, 5.74) is 6.89. The average molecular weight is 304 g/mol. The molecule has 0 bridgehead atoms. The Kier molecular flexibility index (Phi) is 4.36. The second-order valence-electron chi connectivity index (χ2n) is 6.54. The Morgan fingerprint density at radius 1 is 1.45 bits per heavy atom. The molecule has 2 aliphatic heterocycles. The van der Waals surface area contributed by atoms with Gasteiger partial charge in [0.1, 0.15) is 5.75 Å². The summed E-state index contributed by atoms with van der Waals surface area (Å²) in [5, 5.41) is 10.5. The minimum atomic E-state index is -0.949. The fourth-order valence-corrected chi connectivity index (χ4v) is 3.55. The number of benzene rings is 1. The van der Waals surface area contributed by atoms with E-state index in [-0.39, 0.29) is 6.42 Å². The molecule has 0 spiro atoms. The van der Waals surface area contributed by atoms with Crippen LogP contribution in [0.5, 0.6) is 5.75 Å². The van der Waals surface area contributed by atoms with Gasteiger partial charge in [-0.2, -0.15) is 0 Å². The van der Waals surface area contributed by atoms with Crippen molar-refractivity contribution < 1.29 is 14.6 Å². The van der Waals surface area contributed by atoms with E-state index in [9.17, 15) is 9.90 Å². The van der Waals surface area contributed by atoms with Crippen LogP contribution in [0.3, 0.4) is 0 Å². The Labute approximate surface area is 131 Å². The summed E-state index contributed by atoms with van der Waals surface area (Å²) in [6.45, 7) is 3.17. The zero-order valence-corrected chi connectivity index (χ0v) is 12.9. The Bertz CT molecular complexity index is 561. The van der Waals surface area contributed by atoms with E-state index in [4.69, 9.17) is 10.5 Å². The topological polar surface area (TPSA) is 75.8 Å². The fraction of sp³-hybridized carbons (Fsp3) is 0.588. The molecule has 22 heavy (non-hydrogen) atoms. The number of ether oxygens (including phenoxy) is 1. The lowest BCUT2D eigenvalue weighted by atomic mass is 9.89. The van der Waals surface area contributed by atoms with Crippen LogP contribution >= 0.6 is 0 Å². The van der Waals surface area contributed by atoms with Gasteiger partial charge in [-0.25, -0.2) is 0 Å². The third-order valence-corrected chi connectivity index (χ3v) is 4.61. The summed E-state index contributed by atoms with van der Waals surface area (Å²) in [5.74, 6) is 0.584. The molecule has 1 fully saturated rings. The molecule has 0 aliphatic carbocycles. The van der Waals surface area contributed by atoms with Gasteiger partial charge in [0.2, 0.25) is 5.91 Å². The average Bonchev–Trinajstić information content (AvgIpc) is 2.91. The third kappa shape index (κ3) is 3.59. The first-order valence-electron chi connectivity index (χ1n) is 8.02. The number of hydrogen-bond acceptors (Lipinski definition) is 4. The van der Waals surface area contributed by atoms with Gasteiger partial charge in [-0.1, -0.05) is 12.1 Å². The summed E-state index contributed by atoms with van der Waals surface area (Å²) in [6.07, 6.45) is 3.55. The number of carbonyl (C=O) groups is 1. The van der Waals surface area contributed by atoms with E-state index in [0.717, 1.165) is 44.7 Å². The molecule has 3 rings (SSSR count). The molecule has 5 nitrogen and oxygen atoms in total. The van der Waals surface area contributed by atoms with Gasteiger partial charge in [0.15, 0.2) is 0 Å². The molecule has 1 saturated heterocycles. The first-order chi connectivity index (χ1) is 10.5. The molecule has 2 aliphatic rings. The first kappa shape index (κ1) is 15.3. The van der Waals surface area contributed by atoms with Gasteiger partial charge < -0.3 is 20.5 Å². The van der Waals surface area contributed by atoms with Crippen LogP contribution in [0.1, 0.15) is 30.4 Å². The molecule has 5 heteroatoms. The van der Waals surface area contributed by atoms with Crippen LogP contribution in [0.25, 0.3) is 0 Å². The summed E-state index contributed by atoms with van der Waals surface area (Å²) in [7, 11) is 0. The second-order valence-corrected chi connectivity index (χ2v) is 6.54. The molecular weight excluding hydrogens is 280 g/mol. The number of aliphatic hydroxyl groups is 1. The van der Waals surface area contributed by atoms with E-state index >= 15 is 0 Å². The minimum absolute atomic E-state index is 0.0552. The van der Waals surface area contributed by atoms with Gasteiger partial charge in [-0.15, -0.1) is 0 Å². The second kappa shape index (κ2) is 6.26. The number of nitrogens with zero attached hydrogens (tertiary/aromatic N) is 1. The molecular formula is C17H24N2O3. The molecule has 2 heterocycles. The normalized spacial score (nSPS) is 24.8. The standard InChI is InChI=1S/C17H24N2O3/c18-16(20)11-17(21)6-1-7-19(12-17)8-4-13-2-3-15-14(10-13)5-9-22-15/h2-3,10,21H,1,4-9,11-12H2,(H2,18,20). The zero-order chi connectivity index (χ0) is 15.6. The van der Waals surface area contributed by atoms with E-state index in [1.54, 1.807) is 0 Å². The number of fused-ring (bicyclic) bond motifs is 1. The maximum Gasteiger partial charge on any atom is 0.220 e. The molecule has 1 amide bonds. The van der Waals surface area contributed by atoms with Crippen molar-refractivity contribution in [3.8, 4) is 5.75 Å². The summed E-state index contributed by atoms with van der Waals surface area (Å²) in [6, 6.07) is 6.39. The number of likely N-dealkylation sites (tertiary alicyclic amines) is 1. The van der Waals surface area contributed by atoms with Gasteiger partial charge in [0.05, 0.1) is 18.6 Å². The molecule has 1 aromatic rings. The quantitative estimate of drug-likeness (QED) is 0.846. The van der Waals surface area contributed by atoms with Crippen LogP contribution in [0, 0.1) is 0 Å². The summed E-state index contributed by atoms with van der Waals surface area (Å²) >= 11 is 0. The Morgan fingerprint density at radius 3 is 3.14 bits per heavy atom. The van der Waals surface area contributed by atoms with Gasteiger partial charge in [-0.3, -0.25) is 4.79 Å². The van der Waals surface area contributed by atoms with Crippen molar-refractivity contribution in [2.24, 2.45) is 5.73 Å². The van der Waals surface area contributed by atoms with E-state index in [1.165, 1.54) is 11.1 Å². The smallest absolute Gasteiger partial charge is 0.220 e. The van der Waals surface area contributed by atoms with E-state index < -0.39 is 11.5 Å². The number of carbonyl (C=O) groups excluding carboxylic acids is 1. The van der Waals surface area contributed by atoms with Crippen LogP contribution in [-0.2, 0) is 17.6 Å². The van der Waals surface area contributed by atoms with Crippen LogP contribution in [0.2, 0.25) is 0 Å². The van der Waals surface area contributed by atoms with Crippen LogP contribution in [0.15, 0.2) is 18.2 Å². The van der Waals surface area contributed by atoms with Gasteiger partial charge >= 0.3 is 0 Å². The highest BCUT2D eigenvalue weighted by Crippen LogP contribution is 2.27. The fourth-order valence-electron chi connectivity index (χ4n) is 3.55. The molecule has 120 valence electrons. The number of rotatable bonds is 5. The molecule has 1 aromatic carbocycles. The van der Waals surface area contributed by atoms with Crippen molar-refractivity contribution in [3.63, 3.8) is 0 Å². The van der Waals surface area contributed by atoms with Crippen molar-refractivity contribution in [2.45, 2.75) is 37.7 Å². The first-order valence-corrected chi connectivity index (χ1v) is 8.02. The van der Waals surface area contributed by atoms with Gasteiger partial charge in [-0.05, 0) is 43.0 Å². The number of piperidine rings is 1. The number of β-amino-alcohol motifs (C(OH)–C–C–N with tert-alkyl or cyclic N) is 1. The van der Waals surface area contributed by atoms with Crippen molar-refractivity contribution in [1.82, 2.24) is 4.90 Å². The summed E-state index contributed by atoms with van der Waals surface area (Å²) < 4.78 is 5.52. The minimum Gasteiger partial charge on any atom is -0.493 e. The van der Waals surface area contributed by atoms with Gasteiger partial charge in [0, 0.05) is 19.5 Å². The highest BCUT2D eigenvalue weighted by molar-refractivity contribution is 5.75. The van der Waals surface area contributed by atoms with Crippen LogP contribution < -0.4 is 10.5 Å². The Hall–Kier alpha value is -1.59. The molecule has 0 saturated carbocycles. The largest absolute Gasteiger partial charge is 0.493 e. The van der Waals surface area contributed by atoms with E-state index in [1.807, 2.05) is 0 Å². The number of amides is 1. The Balaban J connectivity index is 1.56. The van der Waals surface area contributed by atoms with Crippen molar-refractivity contribution >= 4 is 5.91 Å². The van der Waals surface area contributed by atoms with Gasteiger partial charge in [0.25, 0.3) is 0 Å². The lowest BCUT2D eigenvalue weighted by molar-refractivity contribution is -0.125. The van der Waals surface area contributed by atoms with E-state index in [2.05, 4.69) is 23.1 Å². The summed E-state index contributed by atoms with van der Waals surface area (Å²) in [4.78, 5) is 13.3. The molecule has 1 unspecified atom stereocenters. The SMILES string of the molecule is NC(=O)CC1(O)CCCN(CCc2ccc3c(c2)CCO3)C1. The Morgan fingerprint density at radius 2 is 2.32 bits per heavy atom. The highest BCUT2D eigenvalue weighted by Gasteiger charge is 2.34.